The fourth-order valence-electron chi connectivity index (χ4n) is 2.20. The van der Waals surface area contributed by atoms with Gasteiger partial charge in [0.2, 0.25) is 0 Å². The maximum Gasteiger partial charge on any atom is 0.123 e. The van der Waals surface area contributed by atoms with Gasteiger partial charge in [-0.3, -0.25) is 0 Å². The summed E-state index contributed by atoms with van der Waals surface area (Å²) >= 11 is 6.02. The molecule has 0 aliphatic heterocycles. The second-order valence-corrected chi connectivity index (χ2v) is 5.91. The van der Waals surface area contributed by atoms with Crippen LogP contribution in [0.5, 0.6) is 5.75 Å². The largest absolute Gasteiger partial charge is 0.489 e. The summed E-state index contributed by atoms with van der Waals surface area (Å²) in [5.41, 5.74) is 9.19. The molecule has 0 bridgehead atoms. The summed E-state index contributed by atoms with van der Waals surface area (Å²) in [4.78, 5) is 0. The van der Waals surface area contributed by atoms with E-state index in [1.807, 2.05) is 18.2 Å². The normalized spacial score (nSPS) is 10.9. The molecular weight excluding hydrogens is 282 g/mol. The van der Waals surface area contributed by atoms with Crippen molar-refractivity contribution in [3.8, 4) is 5.75 Å². The third kappa shape index (κ3) is 4.48. The van der Waals surface area contributed by atoms with Crippen molar-refractivity contribution < 1.29 is 4.74 Å². The van der Waals surface area contributed by atoms with Crippen LogP contribution in [-0.2, 0) is 13.0 Å². The quantitative estimate of drug-likeness (QED) is 0.850. The predicted molar refractivity (Wildman–Crippen MR) is 89.1 cm³/mol. The molecule has 0 atom stereocenters. The van der Waals surface area contributed by atoms with Crippen molar-refractivity contribution in [1.29, 1.82) is 0 Å². The highest BCUT2D eigenvalue weighted by molar-refractivity contribution is 6.30. The van der Waals surface area contributed by atoms with Crippen molar-refractivity contribution in [1.82, 2.24) is 0 Å². The van der Waals surface area contributed by atoms with Crippen LogP contribution in [0.4, 0.5) is 0 Å². The molecule has 112 valence electrons. The van der Waals surface area contributed by atoms with Gasteiger partial charge in [0.15, 0.2) is 0 Å². The highest BCUT2D eigenvalue weighted by Crippen LogP contribution is 2.24. The van der Waals surface area contributed by atoms with E-state index in [1.165, 1.54) is 5.56 Å². The van der Waals surface area contributed by atoms with Gasteiger partial charge in [-0.25, -0.2) is 0 Å². The van der Waals surface area contributed by atoms with Crippen molar-refractivity contribution in [2.24, 2.45) is 5.73 Å². The lowest BCUT2D eigenvalue weighted by atomic mass is 10.0. The van der Waals surface area contributed by atoms with Gasteiger partial charge in [-0.1, -0.05) is 49.7 Å². The molecular formula is C18H22ClNO. The third-order valence-electron chi connectivity index (χ3n) is 3.48. The van der Waals surface area contributed by atoms with E-state index in [2.05, 4.69) is 38.1 Å². The zero-order valence-corrected chi connectivity index (χ0v) is 13.4. The van der Waals surface area contributed by atoms with Crippen molar-refractivity contribution in [3.63, 3.8) is 0 Å². The Morgan fingerprint density at radius 1 is 1.10 bits per heavy atom. The Balaban J connectivity index is 2.05. The number of hydrogen-bond donors (Lipinski definition) is 1. The fraction of sp³-hybridized carbons (Fsp3) is 0.333. The number of benzene rings is 2. The first kappa shape index (κ1) is 15.9. The van der Waals surface area contributed by atoms with Crippen LogP contribution in [0.3, 0.4) is 0 Å². The van der Waals surface area contributed by atoms with Gasteiger partial charge in [-0.05, 0) is 53.8 Å². The first-order valence-corrected chi connectivity index (χ1v) is 7.68. The molecule has 0 unspecified atom stereocenters. The smallest absolute Gasteiger partial charge is 0.123 e. The molecule has 0 radical (unpaired) electrons. The van der Waals surface area contributed by atoms with Crippen LogP contribution >= 0.6 is 11.6 Å². The molecule has 2 nitrogen and oxygen atoms in total. The Hall–Kier alpha value is -1.51. The van der Waals surface area contributed by atoms with Crippen LogP contribution in [0, 0.1) is 0 Å². The maximum absolute atomic E-state index is 6.02. The minimum atomic E-state index is 0.549. The van der Waals surface area contributed by atoms with E-state index in [0.29, 0.717) is 24.1 Å². The summed E-state index contributed by atoms with van der Waals surface area (Å²) in [5.74, 6) is 1.41. The SMILES string of the molecule is CC(C)c1ccc(COc2ccc(Cl)cc2CCN)cc1. The van der Waals surface area contributed by atoms with Crippen LogP contribution < -0.4 is 10.5 Å². The van der Waals surface area contributed by atoms with Crippen molar-refractivity contribution in [3.05, 3.63) is 64.2 Å². The highest BCUT2D eigenvalue weighted by Gasteiger charge is 2.05. The van der Waals surface area contributed by atoms with Gasteiger partial charge >= 0.3 is 0 Å². The lowest BCUT2D eigenvalue weighted by molar-refractivity contribution is 0.303. The average molecular weight is 304 g/mol. The minimum Gasteiger partial charge on any atom is -0.489 e. The number of halogens is 1. The number of ether oxygens (including phenoxy) is 1. The molecule has 2 aromatic rings. The van der Waals surface area contributed by atoms with Crippen LogP contribution in [0.25, 0.3) is 0 Å². The Morgan fingerprint density at radius 3 is 2.43 bits per heavy atom. The zero-order chi connectivity index (χ0) is 15.2. The summed E-state index contributed by atoms with van der Waals surface area (Å²) in [6.45, 7) is 5.52. The van der Waals surface area contributed by atoms with E-state index < -0.39 is 0 Å². The molecule has 0 aromatic heterocycles. The van der Waals surface area contributed by atoms with Crippen molar-refractivity contribution in [2.45, 2.75) is 32.8 Å². The molecule has 0 spiro atoms. The Labute approximate surface area is 131 Å². The highest BCUT2D eigenvalue weighted by atomic mass is 35.5. The second kappa shape index (κ2) is 7.48. The van der Waals surface area contributed by atoms with Crippen LogP contribution in [0.1, 0.15) is 36.5 Å². The second-order valence-electron chi connectivity index (χ2n) is 5.48. The number of rotatable bonds is 6. The van der Waals surface area contributed by atoms with Gasteiger partial charge in [-0.15, -0.1) is 0 Å². The average Bonchev–Trinajstić information content (AvgIpc) is 2.47. The Kier molecular flexibility index (Phi) is 5.66. The summed E-state index contributed by atoms with van der Waals surface area (Å²) in [6, 6.07) is 14.2. The fourth-order valence-corrected chi connectivity index (χ4v) is 2.39. The molecule has 2 rings (SSSR count). The molecule has 0 fully saturated rings. The zero-order valence-electron chi connectivity index (χ0n) is 12.6. The van der Waals surface area contributed by atoms with Crippen molar-refractivity contribution >= 4 is 11.6 Å². The van der Waals surface area contributed by atoms with E-state index in [-0.39, 0.29) is 0 Å². The predicted octanol–water partition coefficient (Wildman–Crippen LogP) is 4.54. The van der Waals surface area contributed by atoms with Crippen LogP contribution in [-0.4, -0.2) is 6.54 Å². The van der Waals surface area contributed by atoms with E-state index in [9.17, 15) is 0 Å². The number of nitrogens with two attached hydrogens (primary N) is 1. The third-order valence-corrected chi connectivity index (χ3v) is 3.71. The van der Waals surface area contributed by atoms with Gasteiger partial charge in [0.25, 0.3) is 0 Å². The minimum absolute atomic E-state index is 0.549. The summed E-state index contributed by atoms with van der Waals surface area (Å²) < 4.78 is 5.92. The molecule has 0 saturated heterocycles. The van der Waals surface area contributed by atoms with Gasteiger partial charge in [0.05, 0.1) is 0 Å². The molecule has 3 heteroatoms. The first-order valence-electron chi connectivity index (χ1n) is 7.30. The number of hydrogen-bond acceptors (Lipinski definition) is 2. The van der Waals surface area contributed by atoms with Crippen molar-refractivity contribution in [2.75, 3.05) is 6.54 Å². The summed E-state index contributed by atoms with van der Waals surface area (Å²) in [5, 5.41) is 0.715. The van der Waals surface area contributed by atoms with Gasteiger partial charge < -0.3 is 10.5 Å². The van der Waals surface area contributed by atoms with Crippen LogP contribution in [0.2, 0.25) is 5.02 Å². The van der Waals surface area contributed by atoms with Gasteiger partial charge in [0.1, 0.15) is 12.4 Å². The summed E-state index contributed by atoms with van der Waals surface area (Å²) in [7, 11) is 0. The molecule has 0 amide bonds. The molecule has 0 aliphatic rings. The van der Waals surface area contributed by atoms with E-state index in [1.54, 1.807) is 0 Å². The molecule has 0 heterocycles. The van der Waals surface area contributed by atoms with Crippen LogP contribution in [0.15, 0.2) is 42.5 Å². The lowest BCUT2D eigenvalue weighted by Gasteiger charge is -2.12. The topological polar surface area (TPSA) is 35.2 Å². The van der Waals surface area contributed by atoms with E-state index in [0.717, 1.165) is 23.3 Å². The van der Waals surface area contributed by atoms with E-state index >= 15 is 0 Å². The van der Waals surface area contributed by atoms with Gasteiger partial charge in [-0.2, -0.15) is 0 Å². The molecule has 2 aromatic carbocycles. The maximum atomic E-state index is 6.02. The van der Waals surface area contributed by atoms with Gasteiger partial charge in [0, 0.05) is 5.02 Å². The monoisotopic (exact) mass is 303 g/mol. The lowest BCUT2D eigenvalue weighted by Crippen LogP contribution is -2.05. The standard InChI is InChI=1S/C18H22ClNO/c1-13(2)15-5-3-14(4-6-15)12-21-18-8-7-17(19)11-16(18)9-10-20/h3-8,11,13H,9-10,12,20H2,1-2H3. The molecule has 0 aliphatic carbocycles. The molecule has 2 N–H and O–H groups in total. The summed E-state index contributed by atoms with van der Waals surface area (Å²) in [6.07, 6.45) is 0.766. The molecule has 0 saturated carbocycles. The molecule has 21 heavy (non-hydrogen) atoms. The Bertz CT molecular complexity index is 578. The Morgan fingerprint density at radius 2 is 1.81 bits per heavy atom. The van der Waals surface area contributed by atoms with E-state index in [4.69, 9.17) is 22.1 Å². The first-order chi connectivity index (χ1) is 10.1.